The maximum Gasteiger partial charge on any atom is 0.168 e. The molecule has 0 unspecified atom stereocenters. The van der Waals surface area contributed by atoms with Crippen LogP contribution in [0.2, 0.25) is 0 Å². The minimum absolute atomic E-state index is 0.252. The fraction of sp³-hybridized carbons (Fsp3) is 0.688. The largest absolute Gasteiger partial charge is 0.348 e. The first-order chi connectivity index (χ1) is 9.69. The molecule has 2 aliphatic rings. The van der Waals surface area contributed by atoms with Gasteiger partial charge in [0.2, 0.25) is 0 Å². The molecule has 1 saturated carbocycles. The van der Waals surface area contributed by atoms with Gasteiger partial charge in [-0.25, -0.2) is 0 Å². The zero-order valence-electron chi connectivity index (χ0n) is 12.5. The molecule has 3 rings (SSSR count). The highest BCUT2D eigenvalue weighted by Crippen LogP contribution is 2.37. The summed E-state index contributed by atoms with van der Waals surface area (Å²) in [6.45, 7) is 4.57. The number of pyridine rings is 1. The van der Waals surface area contributed by atoms with Crippen LogP contribution in [0.25, 0.3) is 0 Å². The summed E-state index contributed by atoms with van der Waals surface area (Å²) in [5, 5.41) is 0. The summed E-state index contributed by atoms with van der Waals surface area (Å²) in [6.07, 6.45) is 6.20. The average Bonchev–Trinajstić information content (AvgIpc) is 2.90. The monoisotopic (exact) mass is 276 g/mol. The summed E-state index contributed by atoms with van der Waals surface area (Å²) < 4.78 is 11.6. The van der Waals surface area contributed by atoms with Crippen LogP contribution in [0.15, 0.2) is 18.3 Å². The fourth-order valence-electron chi connectivity index (χ4n) is 3.32. The lowest BCUT2D eigenvalue weighted by molar-refractivity contribution is -0.183. The maximum absolute atomic E-state index is 5.79. The number of hydrogen-bond acceptors (Lipinski definition) is 4. The molecule has 0 atom stereocenters. The topological polar surface area (TPSA) is 34.6 Å². The predicted octanol–water partition coefficient (Wildman–Crippen LogP) is 2.51. The van der Waals surface area contributed by atoms with Gasteiger partial charge in [-0.3, -0.25) is 9.88 Å². The van der Waals surface area contributed by atoms with E-state index in [-0.39, 0.29) is 5.79 Å². The lowest BCUT2D eigenvalue weighted by Crippen LogP contribution is -2.42. The van der Waals surface area contributed by atoms with Crippen LogP contribution in [0.3, 0.4) is 0 Å². The first-order valence-electron chi connectivity index (χ1n) is 7.57. The Morgan fingerprint density at radius 3 is 2.65 bits per heavy atom. The van der Waals surface area contributed by atoms with Gasteiger partial charge in [0.1, 0.15) is 0 Å². The Kier molecular flexibility index (Phi) is 4.06. The van der Waals surface area contributed by atoms with Gasteiger partial charge >= 0.3 is 0 Å². The number of hydrogen-bond donors (Lipinski definition) is 0. The van der Waals surface area contributed by atoms with E-state index in [0.29, 0.717) is 6.04 Å². The molecule has 0 radical (unpaired) electrons. The molecule has 0 aromatic carbocycles. The third-order valence-corrected chi connectivity index (χ3v) is 4.67. The Hall–Kier alpha value is -0.970. The molecule has 1 aromatic rings. The second-order valence-electron chi connectivity index (χ2n) is 6.02. The minimum Gasteiger partial charge on any atom is -0.348 e. The van der Waals surface area contributed by atoms with Crippen LogP contribution >= 0.6 is 0 Å². The van der Waals surface area contributed by atoms with Crippen LogP contribution in [0.4, 0.5) is 0 Å². The molecular formula is C16H24N2O2. The molecule has 110 valence electrons. The number of aryl methyl sites for hydroxylation is 1. The number of nitrogens with zero attached hydrogens (tertiary/aromatic N) is 2. The molecule has 2 heterocycles. The molecule has 1 aliphatic carbocycles. The Bertz CT molecular complexity index is 448. The maximum atomic E-state index is 5.79. The average molecular weight is 276 g/mol. The molecular weight excluding hydrogens is 252 g/mol. The molecule has 0 amide bonds. The van der Waals surface area contributed by atoms with E-state index in [4.69, 9.17) is 9.47 Å². The SMILES string of the molecule is Cc1cccnc1CN(C)C1CCC2(CC1)OCCO2. The van der Waals surface area contributed by atoms with E-state index in [0.717, 1.165) is 45.4 Å². The summed E-state index contributed by atoms with van der Waals surface area (Å²) >= 11 is 0. The van der Waals surface area contributed by atoms with E-state index in [2.05, 4.69) is 29.9 Å². The van der Waals surface area contributed by atoms with Gasteiger partial charge in [-0.2, -0.15) is 0 Å². The van der Waals surface area contributed by atoms with Crippen LogP contribution in [-0.2, 0) is 16.0 Å². The summed E-state index contributed by atoms with van der Waals surface area (Å²) in [6, 6.07) is 4.74. The Balaban J connectivity index is 1.56. The molecule has 1 spiro atoms. The van der Waals surface area contributed by atoms with Crippen molar-refractivity contribution in [2.75, 3.05) is 20.3 Å². The molecule has 20 heavy (non-hydrogen) atoms. The van der Waals surface area contributed by atoms with E-state index in [1.165, 1.54) is 11.3 Å². The van der Waals surface area contributed by atoms with Crippen LogP contribution in [0.1, 0.15) is 36.9 Å². The predicted molar refractivity (Wildman–Crippen MR) is 77.3 cm³/mol. The van der Waals surface area contributed by atoms with Crippen molar-refractivity contribution in [3.05, 3.63) is 29.6 Å². The highest BCUT2D eigenvalue weighted by Gasteiger charge is 2.41. The van der Waals surface area contributed by atoms with Crippen LogP contribution in [0.5, 0.6) is 0 Å². The van der Waals surface area contributed by atoms with Crippen molar-refractivity contribution in [1.29, 1.82) is 0 Å². The van der Waals surface area contributed by atoms with E-state index in [9.17, 15) is 0 Å². The van der Waals surface area contributed by atoms with Crippen molar-refractivity contribution < 1.29 is 9.47 Å². The Morgan fingerprint density at radius 2 is 2.00 bits per heavy atom. The standard InChI is InChI=1S/C16H24N2O2/c1-13-4-3-9-17-15(13)12-18(2)14-5-7-16(8-6-14)19-10-11-20-16/h3-4,9,14H,5-8,10-12H2,1-2H3. The second kappa shape index (κ2) is 5.80. The number of rotatable bonds is 3. The zero-order valence-corrected chi connectivity index (χ0v) is 12.5. The molecule has 0 N–H and O–H groups in total. The van der Waals surface area contributed by atoms with Gasteiger partial charge in [0.15, 0.2) is 5.79 Å². The molecule has 4 nitrogen and oxygen atoms in total. The van der Waals surface area contributed by atoms with E-state index < -0.39 is 0 Å². The molecule has 1 aromatic heterocycles. The molecule has 2 fully saturated rings. The first kappa shape index (κ1) is 14.0. The summed E-state index contributed by atoms with van der Waals surface area (Å²) in [4.78, 5) is 6.92. The van der Waals surface area contributed by atoms with Crippen molar-refractivity contribution in [2.24, 2.45) is 0 Å². The summed E-state index contributed by atoms with van der Waals surface area (Å²) in [5.41, 5.74) is 2.46. The van der Waals surface area contributed by atoms with Crippen molar-refractivity contribution in [1.82, 2.24) is 9.88 Å². The Labute approximate surface area is 121 Å². The summed E-state index contributed by atoms with van der Waals surface area (Å²) in [5.74, 6) is -0.252. The van der Waals surface area contributed by atoms with Gasteiger partial charge in [-0.1, -0.05) is 6.07 Å². The van der Waals surface area contributed by atoms with Crippen LogP contribution < -0.4 is 0 Å². The minimum atomic E-state index is -0.252. The van der Waals surface area contributed by atoms with Crippen molar-refractivity contribution in [2.45, 2.75) is 51.0 Å². The third kappa shape index (κ3) is 2.87. The quantitative estimate of drug-likeness (QED) is 0.849. The first-order valence-corrected chi connectivity index (χ1v) is 7.57. The smallest absolute Gasteiger partial charge is 0.168 e. The second-order valence-corrected chi connectivity index (χ2v) is 6.02. The van der Waals surface area contributed by atoms with E-state index >= 15 is 0 Å². The molecule has 4 heteroatoms. The highest BCUT2D eigenvalue weighted by molar-refractivity contribution is 5.17. The normalized spacial score (nSPS) is 22.8. The molecule has 0 bridgehead atoms. The molecule has 1 saturated heterocycles. The van der Waals surface area contributed by atoms with Gasteiger partial charge in [-0.05, 0) is 38.4 Å². The van der Waals surface area contributed by atoms with Gasteiger partial charge in [0.05, 0.1) is 18.9 Å². The number of aromatic nitrogens is 1. The lowest BCUT2D eigenvalue weighted by Gasteiger charge is -2.39. The third-order valence-electron chi connectivity index (χ3n) is 4.67. The van der Waals surface area contributed by atoms with Crippen molar-refractivity contribution >= 4 is 0 Å². The van der Waals surface area contributed by atoms with Gasteiger partial charge in [0.25, 0.3) is 0 Å². The highest BCUT2D eigenvalue weighted by atomic mass is 16.7. The van der Waals surface area contributed by atoms with Crippen molar-refractivity contribution in [3.8, 4) is 0 Å². The van der Waals surface area contributed by atoms with Crippen LogP contribution in [-0.4, -0.2) is 42.0 Å². The van der Waals surface area contributed by atoms with E-state index in [1.54, 1.807) is 0 Å². The fourth-order valence-corrected chi connectivity index (χ4v) is 3.32. The zero-order chi connectivity index (χ0) is 14.0. The Morgan fingerprint density at radius 1 is 1.30 bits per heavy atom. The van der Waals surface area contributed by atoms with Gasteiger partial charge in [-0.15, -0.1) is 0 Å². The lowest BCUT2D eigenvalue weighted by atomic mass is 9.89. The van der Waals surface area contributed by atoms with Gasteiger partial charge in [0, 0.05) is 31.6 Å². The van der Waals surface area contributed by atoms with Crippen LogP contribution in [0, 0.1) is 6.92 Å². The number of ether oxygens (including phenoxy) is 2. The summed E-state index contributed by atoms with van der Waals surface area (Å²) in [7, 11) is 2.20. The van der Waals surface area contributed by atoms with Gasteiger partial charge < -0.3 is 9.47 Å². The van der Waals surface area contributed by atoms with E-state index in [1.807, 2.05) is 12.3 Å². The van der Waals surface area contributed by atoms with Crippen molar-refractivity contribution in [3.63, 3.8) is 0 Å². The molecule has 1 aliphatic heterocycles.